The van der Waals surface area contributed by atoms with Crippen molar-refractivity contribution in [1.29, 1.82) is 5.26 Å². The fourth-order valence-electron chi connectivity index (χ4n) is 1.52. The highest BCUT2D eigenvalue weighted by Gasteiger charge is 2.09. The van der Waals surface area contributed by atoms with Gasteiger partial charge in [-0.3, -0.25) is 9.59 Å². The van der Waals surface area contributed by atoms with Crippen molar-refractivity contribution in [2.45, 2.75) is 13.3 Å². The Kier molecular flexibility index (Phi) is 6.48. The van der Waals surface area contributed by atoms with E-state index in [9.17, 15) is 9.59 Å². The first-order valence-corrected chi connectivity index (χ1v) is 6.35. The van der Waals surface area contributed by atoms with Crippen LogP contribution in [0, 0.1) is 18.3 Å². The predicted octanol–water partition coefficient (Wildman–Crippen LogP) is 1.49. The molecule has 0 aromatic heterocycles. The van der Waals surface area contributed by atoms with Gasteiger partial charge in [0.2, 0.25) is 0 Å². The molecular formula is C15H17N3O3. The van der Waals surface area contributed by atoms with Gasteiger partial charge in [-0.05, 0) is 24.6 Å². The minimum absolute atomic E-state index is 0.0682. The molecule has 1 rings (SSSR count). The van der Waals surface area contributed by atoms with Crippen molar-refractivity contribution in [1.82, 2.24) is 5.32 Å². The smallest absolute Gasteiger partial charge is 0.307 e. The van der Waals surface area contributed by atoms with Crippen molar-refractivity contribution < 1.29 is 14.3 Å². The van der Waals surface area contributed by atoms with Crippen molar-refractivity contribution in [2.24, 2.45) is 0 Å². The van der Waals surface area contributed by atoms with Gasteiger partial charge in [0.1, 0.15) is 11.6 Å². The summed E-state index contributed by atoms with van der Waals surface area (Å²) in [5.74, 6) is -0.868. The molecular weight excluding hydrogens is 270 g/mol. The zero-order chi connectivity index (χ0) is 15.7. The maximum atomic E-state index is 11.9. The van der Waals surface area contributed by atoms with Crippen LogP contribution in [0.5, 0.6) is 0 Å². The molecule has 0 radical (unpaired) electrons. The Morgan fingerprint density at radius 2 is 2.19 bits per heavy atom. The number of methoxy groups -OCH3 is 1. The highest BCUT2D eigenvalue weighted by atomic mass is 16.5. The van der Waals surface area contributed by atoms with E-state index in [0.717, 1.165) is 5.56 Å². The van der Waals surface area contributed by atoms with E-state index in [4.69, 9.17) is 5.26 Å². The molecule has 6 nitrogen and oxygen atoms in total. The predicted molar refractivity (Wildman–Crippen MR) is 78.1 cm³/mol. The minimum Gasteiger partial charge on any atom is -0.469 e. The van der Waals surface area contributed by atoms with Crippen LogP contribution in [-0.4, -0.2) is 25.5 Å². The summed E-state index contributed by atoms with van der Waals surface area (Å²) in [5, 5.41) is 14.3. The first-order valence-electron chi connectivity index (χ1n) is 6.35. The number of esters is 1. The normalized spacial score (nSPS) is 10.4. The van der Waals surface area contributed by atoms with Crippen LogP contribution in [-0.2, 0) is 14.3 Å². The van der Waals surface area contributed by atoms with Crippen LogP contribution >= 0.6 is 0 Å². The second-order valence-corrected chi connectivity index (χ2v) is 4.27. The molecule has 1 aromatic rings. The molecule has 0 aliphatic rings. The number of hydrogen-bond acceptors (Lipinski definition) is 5. The minimum atomic E-state index is -0.506. The summed E-state index contributed by atoms with van der Waals surface area (Å²) in [6.07, 6.45) is 1.44. The average Bonchev–Trinajstić information content (AvgIpc) is 2.46. The summed E-state index contributed by atoms with van der Waals surface area (Å²) in [6, 6.07) is 9.08. The Hall–Kier alpha value is -2.81. The zero-order valence-corrected chi connectivity index (χ0v) is 12.0. The molecule has 1 amide bonds. The summed E-state index contributed by atoms with van der Waals surface area (Å²) in [4.78, 5) is 22.8. The standard InChI is InChI=1S/C15H17N3O3/c1-11-4-3-5-13(8-11)18-15(20)12(9-16)10-17-7-6-14(19)21-2/h3-5,8,10,17H,6-7H2,1-2H3,(H,18,20)/b12-10-. The molecule has 110 valence electrons. The lowest BCUT2D eigenvalue weighted by Crippen LogP contribution is -2.18. The van der Waals surface area contributed by atoms with E-state index in [1.807, 2.05) is 25.1 Å². The fraction of sp³-hybridized carbons (Fsp3) is 0.267. The van der Waals surface area contributed by atoms with Gasteiger partial charge in [-0.15, -0.1) is 0 Å². The first-order chi connectivity index (χ1) is 10.1. The third-order valence-corrected chi connectivity index (χ3v) is 2.59. The highest BCUT2D eigenvalue weighted by molar-refractivity contribution is 6.06. The average molecular weight is 287 g/mol. The van der Waals surface area contributed by atoms with Gasteiger partial charge in [-0.2, -0.15) is 5.26 Å². The summed E-state index contributed by atoms with van der Waals surface area (Å²) in [6.45, 7) is 2.20. The van der Waals surface area contributed by atoms with E-state index < -0.39 is 5.91 Å². The number of carbonyl (C=O) groups is 2. The molecule has 2 N–H and O–H groups in total. The van der Waals surface area contributed by atoms with Crippen molar-refractivity contribution >= 4 is 17.6 Å². The van der Waals surface area contributed by atoms with Gasteiger partial charge in [0, 0.05) is 18.4 Å². The number of amides is 1. The molecule has 1 aromatic carbocycles. The molecule has 6 heteroatoms. The maximum Gasteiger partial charge on any atom is 0.307 e. The molecule has 0 aliphatic carbocycles. The summed E-state index contributed by atoms with van der Waals surface area (Å²) in [5.41, 5.74) is 1.56. The topological polar surface area (TPSA) is 91.2 Å². The van der Waals surface area contributed by atoms with Crippen LogP contribution in [0.15, 0.2) is 36.0 Å². The van der Waals surface area contributed by atoms with Gasteiger partial charge >= 0.3 is 5.97 Å². The van der Waals surface area contributed by atoms with Crippen molar-refractivity contribution in [3.8, 4) is 6.07 Å². The quantitative estimate of drug-likeness (QED) is 0.358. The van der Waals surface area contributed by atoms with Crippen molar-refractivity contribution in [2.75, 3.05) is 19.0 Å². The van der Waals surface area contributed by atoms with E-state index in [-0.39, 0.29) is 24.5 Å². The SMILES string of the molecule is COC(=O)CCN/C=C(/C#N)C(=O)Nc1cccc(C)c1. The van der Waals surface area contributed by atoms with Gasteiger partial charge in [-0.1, -0.05) is 12.1 Å². The van der Waals surface area contributed by atoms with Crippen LogP contribution in [0.2, 0.25) is 0 Å². The van der Waals surface area contributed by atoms with Gasteiger partial charge in [0.05, 0.1) is 13.5 Å². The van der Waals surface area contributed by atoms with Gasteiger partial charge in [0.15, 0.2) is 0 Å². The Morgan fingerprint density at radius 3 is 2.81 bits per heavy atom. The van der Waals surface area contributed by atoms with E-state index in [1.165, 1.54) is 13.3 Å². The lowest BCUT2D eigenvalue weighted by molar-refractivity contribution is -0.140. The molecule has 0 bridgehead atoms. The van der Waals surface area contributed by atoms with Crippen LogP contribution in [0.3, 0.4) is 0 Å². The van der Waals surface area contributed by atoms with Gasteiger partial charge in [-0.25, -0.2) is 0 Å². The number of nitriles is 1. The number of anilines is 1. The number of rotatable bonds is 6. The van der Waals surface area contributed by atoms with Gasteiger partial charge < -0.3 is 15.4 Å². The largest absolute Gasteiger partial charge is 0.469 e. The number of ether oxygens (including phenoxy) is 1. The Balaban J connectivity index is 2.57. The maximum absolute atomic E-state index is 11.9. The number of hydrogen-bond donors (Lipinski definition) is 2. The number of nitrogens with one attached hydrogen (secondary N) is 2. The third kappa shape index (κ3) is 5.78. The zero-order valence-electron chi connectivity index (χ0n) is 12.0. The van der Waals surface area contributed by atoms with Crippen LogP contribution in [0.25, 0.3) is 0 Å². The number of benzene rings is 1. The van der Waals surface area contributed by atoms with E-state index >= 15 is 0 Å². The number of aryl methyl sites for hydroxylation is 1. The van der Waals surface area contributed by atoms with Crippen LogP contribution in [0.1, 0.15) is 12.0 Å². The molecule has 0 spiro atoms. The lowest BCUT2D eigenvalue weighted by Gasteiger charge is -2.05. The number of carbonyl (C=O) groups excluding carboxylic acids is 2. The Morgan fingerprint density at radius 1 is 1.43 bits per heavy atom. The number of nitrogens with zero attached hydrogens (tertiary/aromatic N) is 1. The molecule has 0 atom stereocenters. The molecule has 0 unspecified atom stereocenters. The lowest BCUT2D eigenvalue weighted by atomic mass is 10.2. The second kappa shape index (κ2) is 8.38. The fourth-order valence-corrected chi connectivity index (χ4v) is 1.52. The summed E-state index contributed by atoms with van der Waals surface area (Å²) < 4.78 is 4.48. The highest BCUT2D eigenvalue weighted by Crippen LogP contribution is 2.10. The van der Waals surface area contributed by atoms with E-state index in [1.54, 1.807) is 12.1 Å². The Labute approximate surface area is 123 Å². The Bertz CT molecular complexity index is 588. The molecule has 0 saturated carbocycles. The van der Waals surface area contributed by atoms with Crippen molar-refractivity contribution in [3.63, 3.8) is 0 Å². The van der Waals surface area contributed by atoms with Gasteiger partial charge in [0.25, 0.3) is 5.91 Å². The summed E-state index contributed by atoms with van der Waals surface area (Å²) >= 11 is 0. The monoisotopic (exact) mass is 287 g/mol. The molecule has 0 aliphatic heterocycles. The van der Waals surface area contributed by atoms with E-state index in [0.29, 0.717) is 5.69 Å². The van der Waals surface area contributed by atoms with E-state index in [2.05, 4.69) is 15.4 Å². The molecule has 0 heterocycles. The summed E-state index contributed by atoms with van der Waals surface area (Å²) in [7, 11) is 1.30. The third-order valence-electron chi connectivity index (χ3n) is 2.59. The van der Waals surface area contributed by atoms with Crippen LogP contribution < -0.4 is 10.6 Å². The second-order valence-electron chi connectivity index (χ2n) is 4.27. The van der Waals surface area contributed by atoms with Crippen LogP contribution in [0.4, 0.5) is 5.69 Å². The molecule has 0 saturated heterocycles. The molecule has 0 fully saturated rings. The van der Waals surface area contributed by atoms with Crippen molar-refractivity contribution in [3.05, 3.63) is 41.6 Å². The first kappa shape index (κ1) is 16.2. The molecule has 21 heavy (non-hydrogen) atoms.